The van der Waals surface area contributed by atoms with Crippen molar-refractivity contribution >= 4 is 0 Å². The summed E-state index contributed by atoms with van der Waals surface area (Å²) in [5.74, 6) is 3.15. The van der Waals surface area contributed by atoms with Crippen LogP contribution >= 0.6 is 0 Å². The Hall–Kier alpha value is -3.14. The van der Waals surface area contributed by atoms with Crippen molar-refractivity contribution in [3.8, 4) is 23.0 Å². The molecule has 0 amide bonds. The Morgan fingerprint density at radius 1 is 0.406 bits per heavy atom. The van der Waals surface area contributed by atoms with Crippen LogP contribution in [0.1, 0.15) is 33.4 Å². The summed E-state index contributed by atoms with van der Waals surface area (Å²) in [6.07, 6.45) is 5.84. The molecule has 0 fully saturated rings. The number of aryl methyl sites for hydroxylation is 6. The number of hydrogen-bond donors (Lipinski definition) is 0. The van der Waals surface area contributed by atoms with Crippen molar-refractivity contribution in [1.82, 2.24) is 0 Å². The molecule has 0 radical (unpaired) electrons. The van der Waals surface area contributed by atoms with Gasteiger partial charge < -0.3 is 18.9 Å². The van der Waals surface area contributed by atoms with Gasteiger partial charge in [0.15, 0.2) is 23.0 Å². The van der Waals surface area contributed by atoms with Crippen molar-refractivity contribution in [1.29, 1.82) is 0 Å². The van der Waals surface area contributed by atoms with E-state index in [4.69, 9.17) is 18.9 Å². The molecule has 0 spiro atoms. The van der Waals surface area contributed by atoms with Crippen LogP contribution in [0.15, 0.2) is 48.5 Å². The summed E-state index contributed by atoms with van der Waals surface area (Å²) in [7, 11) is 6.79. The molecule has 0 atom stereocenters. The molecule has 4 heteroatoms. The molecule has 0 aromatic heterocycles. The second-order valence-electron chi connectivity index (χ2n) is 8.22. The van der Waals surface area contributed by atoms with Crippen LogP contribution in [-0.4, -0.2) is 28.4 Å². The van der Waals surface area contributed by atoms with Crippen molar-refractivity contribution in [2.45, 2.75) is 38.5 Å². The molecule has 3 aromatic rings. The number of hydrogen-bond acceptors (Lipinski definition) is 4. The zero-order valence-corrected chi connectivity index (χ0v) is 19.5. The molecular formula is C28H32O4. The average molecular weight is 433 g/mol. The molecule has 0 heterocycles. The van der Waals surface area contributed by atoms with Crippen LogP contribution in [0.2, 0.25) is 0 Å². The van der Waals surface area contributed by atoms with Crippen molar-refractivity contribution in [3.05, 3.63) is 81.9 Å². The Balaban J connectivity index is 1.82. The van der Waals surface area contributed by atoms with Crippen LogP contribution in [0.3, 0.4) is 0 Å². The van der Waals surface area contributed by atoms with E-state index < -0.39 is 0 Å². The third-order valence-electron chi connectivity index (χ3n) is 6.52. The van der Waals surface area contributed by atoms with E-state index in [9.17, 15) is 0 Å². The van der Waals surface area contributed by atoms with Gasteiger partial charge in [0.25, 0.3) is 0 Å². The van der Waals surface area contributed by atoms with E-state index >= 15 is 0 Å². The zero-order chi connectivity index (χ0) is 22.5. The largest absolute Gasteiger partial charge is 0.493 e. The van der Waals surface area contributed by atoms with Crippen molar-refractivity contribution in [2.75, 3.05) is 28.4 Å². The van der Waals surface area contributed by atoms with Crippen LogP contribution < -0.4 is 18.9 Å². The monoisotopic (exact) mass is 432 g/mol. The number of ether oxygens (including phenoxy) is 4. The number of methoxy groups -OCH3 is 4. The second kappa shape index (κ2) is 9.99. The van der Waals surface area contributed by atoms with E-state index in [0.29, 0.717) is 0 Å². The summed E-state index contributed by atoms with van der Waals surface area (Å²) in [6, 6.07) is 17.4. The third kappa shape index (κ3) is 4.55. The summed E-state index contributed by atoms with van der Waals surface area (Å²) in [5.41, 5.74) is 8.08. The highest BCUT2D eigenvalue weighted by Gasteiger charge is 2.17. The average Bonchev–Trinajstić information content (AvgIpc) is 2.84. The van der Waals surface area contributed by atoms with Gasteiger partial charge in [0.1, 0.15) is 0 Å². The maximum Gasteiger partial charge on any atom is 0.161 e. The van der Waals surface area contributed by atoms with Crippen LogP contribution in [0.5, 0.6) is 23.0 Å². The molecule has 0 aliphatic heterocycles. The normalized spacial score (nSPS) is 13.5. The topological polar surface area (TPSA) is 36.9 Å². The standard InChI is InChI=1S/C28H32O4/c1-29-25-15-21-11-9-19-7-5-6-8-20(19)10-12-22-16-26(30-2)28(32-4)18-24(22)14-13-23(21)17-27(25)31-3/h5-8,15-18H,9-14H2,1-4H3. The highest BCUT2D eigenvalue weighted by atomic mass is 16.5. The van der Waals surface area contributed by atoms with Gasteiger partial charge in [0.2, 0.25) is 0 Å². The van der Waals surface area contributed by atoms with Crippen molar-refractivity contribution in [2.24, 2.45) is 0 Å². The molecule has 4 nitrogen and oxygen atoms in total. The molecule has 0 N–H and O–H groups in total. The SMILES string of the molecule is COc1cc2c(cc1OC)CCc1cc(OC)c(OC)cc1CCc1ccccc1CC2. The van der Waals surface area contributed by atoms with Gasteiger partial charge in [-0.1, -0.05) is 24.3 Å². The Morgan fingerprint density at radius 2 is 0.656 bits per heavy atom. The smallest absolute Gasteiger partial charge is 0.161 e. The molecular weight excluding hydrogens is 400 g/mol. The van der Waals surface area contributed by atoms with Gasteiger partial charge in [-0.15, -0.1) is 0 Å². The van der Waals surface area contributed by atoms with Gasteiger partial charge >= 0.3 is 0 Å². The molecule has 4 rings (SSSR count). The first kappa shape index (κ1) is 22.1. The molecule has 0 unspecified atom stereocenters. The maximum absolute atomic E-state index is 5.61. The van der Waals surface area contributed by atoms with E-state index in [1.54, 1.807) is 28.4 Å². The Morgan fingerprint density at radius 3 is 0.906 bits per heavy atom. The summed E-state index contributed by atoms with van der Waals surface area (Å²) in [5, 5.41) is 0. The number of fused-ring (bicyclic) bond motifs is 3. The first-order valence-electron chi connectivity index (χ1n) is 11.2. The molecule has 1 aliphatic rings. The van der Waals surface area contributed by atoms with Crippen LogP contribution in [0.25, 0.3) is 0 Å². The van der Waals surface area contributed by atoms with Crippen molar-refractivity contribution < 1.29 is 18.9 Å². The van der Waals surface area contributed by atoms with E-state index in [0.717, 1.165) is 61.5 Å². The first-order chi connectivity index (χ1) is 15.7. The van der Waals surface area contributed by atoms with Crippen LogP contribution in [-0.2, 0) is 38.5 Å². The minimum Gasteiger partial charge on any atom is -0.493 e. The molecule has 0 saturated carbocycles. The molecule has 32 heavy (non-hydrogen) atoms. The molecule has 0 bridgehead atoms. The molecule has 1 aliphatic carbocycles. The van der Waals surface area contributed by atoms with E-state index in [-0.39, 0.29) is 0 Å². The lowest BCUT2D eigenvalue weighted by atomic mass is 9.88. The van der Waals surface area contributed by atoms with Gasteiger partial charge in [-0.25, -0.2) is 0 Å². The predicted octanol–water partition coefficient (Wildman–Crippen LogP) is 5.39. The van der Waals surface area contributed by atoms with E-state index in [1.807, 2.05) is 0 Å². The summed E-state index contributed by atoms with van der Waals surface area (Å²) >= 11 is 0. The Labute approximate surface area is 191 Å². The zero-order valence-electron chi connectivity index (χ0n) is 19.5. The minimum absolute atomic E-state index is 0.784. The third-order valence-corrected chi connectivity index (χ3v) is 6.52. The highest BCUT2D eigenvalue weighted by molar-refractivity contribution is 5.50. The molecule has 3 aromatic carbocycles. The molecule has 168 valence electrons. The van der Waals surface area contributed by atoms with Gasteiger partial charge in [0.05, 0.1) is 28.4 Å². The van der Waals surface area contributed by atoms with Crippen LogP contribution in [0, 0.1) is 0 Å². The lowest BCUT2D eigenvalue weighted by Gasteiger charge is -2.19. The van der Waals surface area contributed by atoms with E-state index in [2.05, 4.69) is 48.5 Å². The fourth-order valence-corrected chi connectivity index (χ4v) is 4.71. The number of benzene rings is 3. The lowest BCUT2D eigenvalue weighted by Crippen LogP contribution is -2.08. The second-order valence-corrected chi connectivity index (χ2v) is 8.22. The van der Waals surface area contributed by atoms with Gasteiger partial charge in [-0.3, -0.25) is 0 Å². The summed E-state index contributed by atoms with van der Waals surface area (Å²) in [4.78, 5) is 0. The van der Waals surface area contributed by atoms with E-state index in [1.165, 1.54) is 33.4 Å². The van der Waals surface area contributed by atoms with Crippen LogP contribution in [0.4, 0.5) is 0 Å². The quantitative estimate of drug-likeness (QED) is 0.554. The first-order valence-corrected chi connectivity index (χ1v) is 11.2. The number of rotatable bonds is 4. The van der Waals surface area contributed by atoms with Crippen molar-refractivity contribution in [3.63, 3.8) is 0 Å². The Kier molecular flexibility index (Phi) is 6.89. The lowest BCUT2D eigenvalue weighted by molar-refractivity contribution is 0.353. The minimum atomic E-state index is 0.784. The summed E-state index contributed by atoms with van der Waals surface area (Å²) < 4.78 is 22.4. The fourth-order valence-electron chi connectivity index (χ4n) is 4.71. The predicted molar refractivity (Wildman–Crippen MR) is 128 cm³/mol. The fraction of sp³-hybridized carbons (Fsp3) is 0.357. The van der Waals surface area contributed by atoms with Gasteiger partial charge in [-0.05, 0) is 96.2 Å². The maximum atomic E-state index is 5.61. The molecule has 0 saturated heterocycles. The Bertz CT molecular complexity index is 1000. The summed E-state index contributed by atoms with van der Waals surface area (Å²) in [6.45, 7) is 0. The van der Waals surface area contributed by atoms with Gasteiger partial charge in [-0.2, -0.15) is 0 Å². The highest BCUT2D eigenvalue weighted by Crippen LogP contribution is 2.35. The van der Waals surface area contributed by atoms with Gasteiger partial charge in [0, 0.05) is 0 Å².